The van der Waals surface area contributed by atoms with Crippen LogP contribution in [0.5, 0.6) is 5.75 Å². The molecule has 0 bridgehead atoms. The number of hydrogen-bond donors (Lipinski definition) is 2. The fraction of sp³-hybridized carbons (Fsp3) is 0.100. The summed E-state index contributed by atoms with van der Waals surface area (Å²) in [5.74, 6) is -0.478. The topological polar surface area (TPSA) is 84.1 Å². The van der Waals surface area contributed by atoms with E-state index in [0.29, 0.717) is 0 Å². The number of benzene rings is 1. The minimum Gasteiger partial charge on any atom is -0.405 e. The molecule has 1 aromatic carbocycles. The molecule has 2 aromatic rings. The van der Waals surface area contributed by atoms with Crippen molar-refractivity contribution in [3.63, 3.8) is 0 Å². The minimum absolute atomic E-state index is 0.0489. The van der Waals surface area contributed by atoms with E-state index in [9.17, 15) is 21.6 Å². The number of alkyl halides is 3. The van der Waals surface area contributed by atoms with E-state index >= 15 is 0 Å². The maximum absolute atomic E-state index is 12.1. The van der Waals surface area contributed by atoms with Gasteiger partial charge in [-0.25, -0.2) is 8.42 Å². The fourth-order valence-electron chi connectivity index (χ4n) is 1.37. The third kappa shape index (κ3) is 4.11. The smallest absolute Gasteiger partial charge is 0.405 e. The third-order valence-corrected chi connectivity index (χ3v) is 4.16. The van der Waals surface area contributed by atoms with Gasteiger partial charge in [0.1, 0.15) is 10.6 Å². The van der Waals surface area contributed by atoms with Gasteiger partial charge in [0.15, 0.2) is 0 Å². The number of aromatic amines is 1. The molecule has 0 fully saturated rings. The third-order valence-electron chi connectivity index (χ3n) is 2.19. The summed E-state index contributed by atoms with van der Waals surface area (Å²) in [4.78, 5) is -0.103. The molecule has 1 heterocycles. The average molecular weight is 386 g/mol. The van der Waals surface area contributed by atoms with E-state index in [0.717, 1.165) is 24.4 Å². The molecule has 0 aliphatic carbocycles. The average Bonchev–Trinajstić information content (AvgIpc) is 2.85. The Labute approximate surface area is 125 Å². The van der Waals surface area contributed by atoms with Gasteiger partial charge in [0, 0.05) is 6.20 Å². The number of H-pyrrole nitrogens is 1. The van der Waals surface area contributed by atoms with Gasteiger partial charge in [0.05, 0.1) is 16.4 Å². The van der Waals surface area contributed by atoms with Crippen LogP contribution in [-0.2, 0) is 10.0 Å². The first-order valence-corrected chi connectivity index (χ1v) is 7.52. The number of sulfonamides is 1. The normalized spacial score (nSPS) is 12.2. The Hall–Kier alpha value is -1.75. The Morgan fingerprint density at radius 1 is 1.33 bits per heavy atom. The van der Waals surface area contributed by atoms with Crippen molar-refractivity contribution in [3.05, 3.63) is 35.1 Å². The minimum atomic E-state index is -4.83. The maximum Gasteiger partial charge on any atom is 0.573 e. The van der Waals surface area contributed by atoms with Crippen LogP contribution in [0.2, 0.25) is 0 Å². The Morgan fingerprint density at radius 2 is 2.05 bits per heavy atom. The number of aromatic nitrogens is 2. The first-order chi connectivity index (χ1) is 9.67. The molecular weight excluding hydrogens is 379 g/mol. The van der Waals surface area contributed by atoms with Gasteiger partial charge in [-0.15, -0.1) is 13.2 Å². The molecular formula is C10H7BrF3N3O3S. The molecule has 0 saturated heterocycles. The summed E-state index contributed by atoms with van der Waals surface area (Å²) in [5, 5.41) is 5.85. The molecule has 0 radical (unpaired) electrons. The van der Waals surface area contributed by atoms with Crippen molar-refractivity contribution >= 4 is 31.6 Å². The molecule has 21 heavy (non-hydrogen) atoms. The summed E-state index contributed by atoms with van der Waals surface area (Å²) in [6.45, 7) is 0. The monoisotopic (exact) mass is 385 g/mol. The Balaban J connectivity index is 2.22. The van der Waals surface area contributed by atoms with Crippen molar-refractivity contribution in [1.82, 2.24) is 10.2 Å². The van der Waals surface area contributed by atoms with Gasteiger partial charge in [-0.05, 0) is 34.1 Å². The molecule has 114 valence electrons. The van der Waals surface area contributed by atoms with Crippen molar-refractivity contribution < 1.29 is 26.3 Å². The molecule has 0 aliphatic heterocycles. The zero-order valence-corrected chi connectivity index (χ0v) is 12.4. The predicted molar refractivity (Wildman–Crippen MR) is 70.2 cm³/mol. The van der Waals surface area contributed by atoms with E-state index in [-0.39, 0.29) is 15.1 Å². The zero-order valence-electron chi connectivity index (χ0n) is 9.98. The van der Waals surface area contributed by atoms with E-state index < -0.39 is 22.1 Å². The van der Waals surface area contributed by atoms with E-state index in [1.54, 1.807) is 0 Å². The van der Waals surface area contributed by atoms with Gasteiger partial charge in [-0.2, -0.15) is 5.10 Å². The van der Waals surface area contributed by atoms with Crippen LogP contribution in [0.3, 0.4) is 0 Å². The quantitative estimate of drug-likeness (QED) is 0.847. The molecule has 0 atom stereocenters. The molecule has 11 heteroatoms. The van der Waals surface area contributed by atoms with Gasteiger partial charge in [0.2, 0.25) is 0 Å². The fourth-order valence-corrected chi connectivity index (χ4v) is 2.79. The molecule has 0 aliphatic rings. The highest BCUT2D eigenvalue weighted by Gasteiger charge is 2.32. The van der Waals surface area contributed by atoms with E-state index in [1.165, 1.54) is 6.20 Å². The lowest BCUT2D eigenvalue weighted by Gasteiger charge is -2.12. The lowest BCUT2D eigenvalue weighted by Crippen LogP contribution is -2.17. The molecule has 2 N–H and O–H groups in total. The molecule has 0 amide bonds. The summed E-state index contributed by atoms with van der Waals surface area (Å²) in [7, 11) is -3.86. The molecule has 0 saturated carbocycles. The lowest BCUT2D eigenvalue weighted by molar-refractivity contribution is -0.274. The lowest BCUT2D eigenvalue weighted by atomic mass is 10.3. The predicted octanol–water partition coefficient (Wildman–Crippen LogP) is 2.87. The highest BCUT2D eigenvalue weighted by molar-refractivity contribution is 9.10. The summed E-state index contributed by atoms with van der Waals surface area (Å²) in [5.41, 5.74) is 0.0672. The Kier molecular flexibility index (Phi) is 4.14. The maximum atomic E-state index is 12.1. The van der Waals surface area contributed by atoms with Crippen LogP contribution >= 0.6 is 15.9 Å². The van der Waals surface area contributed by atoms with Crippen molar-refractivity contribution in [2.75, 3.05) is 4.72 Å². The van der Waals surface area contributed by atoms with Gasteiger partial charge in [-0.1, -0.05) is 0 Å². The van der Waals surface area contributed by atoms with Gasteiger partial charge in [0.25, 0.3) is 10.0 Å². The van der Waals surface area contributed by atoms with Crippen LogP contribution in [0.15, 0.2) is 40.0 Å². The van der Waals surface area contributed by atoms with Gasteiger partial charge < -0.3 is 4.74 Å². The van der Waals surface area contributed by atoms with Gasteiger partial charge >= 0.3 is 6.36 Å². The van der Waals surface area contributed by atoms with Gasteiger partial charge in [-0.3, -0.25) is 9.82 Å². The number of nitrogens with one attached hydrogen (secondary N) is 2. The van der Waals surface area contributed by atoms with Crippen LogP contribution in [-0.4, -0.2) is 25.0 Å². The number of hydrogen-bond acceptors (Lipinski definition) is 4. The molecule has 0 spiro atoms. The second kappa shape index (κ2) is 5.56. The SMILES string of the molecule is O=S(=O)(Nc1ccc(OC(F)(F)F)c(Br)c1)c1cn[nH]c1. The van der Waals surface area contributed by atoms with Crippen LogP contribution < -0.4 is 9.46 Å². The molecule has 1 aromatic heterocycles. The van der Waals surface area contributed by atoms with Crippen LogP contribution in [0.25, 0.3) is 0 Å². The highest BCUT2D eigenvalue weighted by Crippen LogP contribution is 2.32. The molecule has 0 unspecified atom stereocenters. The first-order valence-electron chi connectivity index (χ1n) is 5.24. The number of ether oxygens (including phenoxy) is 1. The van der Waals surface area contributed by atoms with E-state index in [1.807, 2.05) is 0 Å². The first kappa shape index (κ1) is 15.6. The summed E-state index contributed by atoms with van der Waals surface area (Å²) >= 11 is 2.88. The van der Waals surface area contributed by atoms with E-state index in [2.05, 4.69) is 35.6 Å². The van der Waals surface area contributed by atoms with Crippen molar-refractivity contribution in [3.8, 4) is 5.75 Å². The highest BCUT2D eigenvalue weighted by atomic mass is 79.9. The number of anilines is 1. The van der Waals surface area contributed by atoms with Crippen LogP contribution in [0.1, 0.15) is 0 Å². The number of nitrogens with zero attached hydrogens (tertiary/aromatic N) is 1. The second-order valence-corrected chi connectivity index (χ2v) is 6.27. The summed E-state index contributed by atoms with van der Waals surface area (Å²) < 4.78 is 66.0. The molecule has 6 nitrogen and oxygen atoms in total. The summed E-state index contributed by atoms with van der Waals surface area (Å²) in [6.07, 6.45) is -2.57. The number of halogens is 4. The number of rotatable bonds is 4. The second-order valence-electron chi connectivity index (χ2n) is 3.73. The zero-order chi connectivity index (χ0) is 15.7. The van der Waals surface area contributed by atoms with Crippen molar-refractivity contribution in [2.24, 2.45) is 0 Å². The van der Waals surface area contributed by atoms with Crippen molar-refractivity contribution in [2.45, 2.75) is 11.3 Å². The largest absolute Gasteiger partial charge is 0.573 e. The Bertz CT molecular complexity index is 732. The molecule has 2 rings (SSSR count). The van der Waals surface area contributed by atoms with E-state index in [4.69, 9.17) is 0 Å². The summed E-state index contributed by atoms with van der Waals surface area (Å²) in [6, 6.07) is 3.28. The Morgan fingerprint density at radius 3 is 2.57 bits per heavy atom. The van der Waals surface area contributed by atoms with Crippen LogP contribution in [0.4, 0.5) is 18.9 Å². The van der Waals surface area contributed by atoms with Crippen molar-refractivity contribution in [1.29, 1.82) is 0 Å². The standard InChI is InChI=1S/C10H7BrF3N3O3S/c11-8-3-6(1-2-9(8)20-10(12,13)14)17-21(18,19)7-4-15-16-5-7/h1-5,17H,(H,15,16). The van der Waals surface area contributed by atoms with Crippen LogP contribution in [0, 0.1) is 0 Å².